The lowest BCUT2D eigenvalue weighted by molar-refractivity contribution is 0.411. The van der Waals surface area contributed by atoms with Gasteiger partial charge in [0.2, 0.25) is 0 Å². The first kappa shape index (κ1) is 19.4. The third-order valence-electron chi connectivity index (χ3n) is 4.80. The van der Waals surface area contributed by atoms with E-state index in [1.54, 1.807) is 32.2 Å². The zero-order valence-corrected chi connectivity index (χ0v) is 16.8. The molecule has 27 heavy (non-hydrogen) atoms. The van der Waals surface area contributed by atoms with Crippen LogP contribution in [0.5, 0.6) is 5.75 Å². The first-order valence-electron chi connectivity index (χ1n) is 9.17. The number of nitrogens with zero attached hydrogens (tertiary/aromatic N) is 3. The molecule has 0 aliphatic carbocycles. The van der Waals surface area contributed by atoms with Crippen LogP contribution < -0.4 is 14.4 Å². The molecule has 1 aliphatic rings. The minimum atomic E-state index is -3.76. The molecule has 2 heterocycles. The van der Waals surface area contributed by atoms with Gasteiger partial charge in [-0.15, -0.1) is 10.2 Å². The van der Waals surface area contributed by atoms with Gasteiger partial charge in [0.05, 0.1) is 12.0 Å². The van der Waals surface area contributed by atoms with Gasteiger partial charge >= 0.3 is 0 Å². The Morgan fingerprint density at radius 1 is 1.00 bits per heavy atom. The molecule has 1 saturated heterocycles. The summed E-state index contributed by atoms with van der Waals surface area (Å²) in [6.45, 7) is 5.48. The van der Waals surface area contributed by atoms with Crippen LogP contribution >= 0.6 is 0 Å². The fraction of sp³-hybridized carbons (Fsp3) is 0.474. The molecule has 0 spiro atoms. The zero-order valence-electron chi connectivity index (χ0n) is 16.0. The van der Waals surface area contributed by atoms with Gasteiger partial charge in [-0.2, -0.15) is 0 Å². The van der Waals surface area contributed by atoms with E-state index in [0.29, 0.717) is 11.3 Å². The summed E-state index contributed by atoms with van der Waals surface area (Å²) < 4.78 is 33.3. The molecule has 0 saturated carbocycles. The predicted molar refractivity (Wildman–Crippen MR) is 106 cm³/mol. The lowest BCUT2D eigenvalue weighted by atomic mass is 10.1. The van der Waals surface area contributed by atoms with Crippen molar-refractivity contribution in [1.29, 1.82) is 0 Å². The first-order valence-corrected chi connectivity index (χ1v) is 10.7. The smallest absolute Gasteiger partial charge is 0.263 e. The molecule has 146 valence electrons. The van der Waals surface area contributed by atoms with E-state index < -0.39 is 10.0 Å². The van der Waals surface area contributed by atoms with E-state index in [-0.39, 0.29) is 10.7 Å². The quantitative estimate of drug-likeness (QED) is 0.843. The monoisotopic (exact) mass is 390 g/mol. The standard InChI is InChI=1S/C19H26N4O3S/c1-14-13-17(15(2)12-16(14)26-3)27(24,25)22-18-8-9-19(21-20-18)23-10-6-4-5-7-11-23/h8-9,12-13H,4-7,10-11H2,1-3H3,(H,20,22). The van der Waals surface area contributed by atoms with E-state index in [1.165, 1.54) is 12.8 Å². The van der Waals surface area contributed by atoms with Gasteiger partial charge in [-0.05, 0) is 62.1 Å². The molecule has 0 radical (unpaired) electrons. The van der Waals surface area contributed by atoms with E-state index >= 15 is 0 Å². The van der Waals surface area contributed by atoms with E-state index in [2.05, 4.69) is 19.8 Å². The van der Waals surface area contributed by atoms with Gasteiger partial charge in [-0.25, -0.2) is 8.42 Å². The molecular formula is C19H26N4O3S. The van der Waals surface area contributed by atoms with Crippen LogP contribution in [0, 0.1) is 13.8 Å². The van der Waals surface area contributed by atoms with Crippen molar-refractivity contribution in [3.63, 3.8) is 0 Å². The second kappa shape index (κ2) is 8.12. The second-order valence-electron chi connectivity index (χ2n) is 6.87. The maximum atomic E-state index is 12.8. The van der Waals surface area contributed by atoms with Crippen LogP contribution in [0.4, 0.5) is 11.6 Å². The number of nitrogens with one attached hydrogen (secondary N) is 1. The van der Waals surface area contributed by atoms with Gasteiger partial charge in [-0.3, -0.25) is 4.72 Å². The summed E-state index contributed by atoms with van der Waals surface area (Å²) in [5.41, 5.74) is 1.37. The van der Waals surface area contributed by atoms with Gasteiger partial charge in [0, 0.05) is 13.1 Å². The number of benzene rings is 1. The molecule has 0 unspecified atom stereocenters. The Kier molecular flexibility index (Phi) is 5.84. The van der Waals surface area contributed by atoms with Gasteiger partial charge < -0.3 is 9.64 Å². The maximum absolute atomic E-state index is 12.8. The molecule has 7 nitrogen and oxygen atoms in total. The number of ether oxygens (including phenoxy) is 1. The third kappa shape index (κ3) is 4.50. The number of aromatic nitrogens is 2. The van der Waals surface area contributed by atoms with Crippen molar-refractivity contribution < 1.29 is 13.2 Å². The molecule has 8 heteroatoms. The number of hydrogen-bond acceptors (Lipinski definition) is 6. The van der Waals surface area contributed by atoms with Crippen LogP contribution in [-0.4, -0.2) is 38.8 Å². The van der Waals surface area contributed by atoms with E-state index in [1.807, 2.05) is 13.0 Å². The summed E-state index contributed by atoms with van der Waals surface area (Å²) in [5.74, 6) is 1.66. The minimum Gasteiger partial charge on any atom is -0.496 e. The highest BCUT2D eigenvalue weighted by Crippen LogP contribution is 2.27. The predicted octanol–water partition coefficient (Wildman–Crippen LogP) is 3.28. The third-order valence-corrected chi connectivity index (χ3v) is 6.30. The van der Waals surface area contributed by atoms with E-state index in [0.717, 1.165) is 37.3 Å². The Balaban J connectivity index is 1.79. The summed E-state index contributed by atoms with van der Waals surface area (Å²) in [4.78, 5) is 2.41. The van der Waals surface area contributed by atoms with Crippen molar-refractivity contribution in [3.05, 3.63) is 35.4 Å². The highest BCUT2D eigenvalue weighted by Gasteiger charge is 2.20. The Labute approximate surface area is 160 Å². The van der Waals surface area contributed by atoms with Gasteiger partial charge in [0.15, 0.2) is 11.6 Å². The molecule has 3 rings (SSSR count). The van der Waals surface area contributed by atoms with Crippen LogP contribution in [-0.2, 0) is 10.0 Å². The van der Waals surface area contributed by atoms with Crippen molar-refractivity contribution in [3.8, 4) is 5.75 Å². The normalized spacial score (nSPS) is 15.3. The van der Waals surface area contributed by atoms with Gasteiger partial charge in [-0.1, -0.05) is 12.8 Å². The molecule has 0 atom stereocenters. The number of anilines is 2. The van der Waals surface area contributed by atoms with Crippen molar-refractivity contribution in [2.24, 2.45) is 0 Å². The number of hydrogen-bond donors (Lipinski definition) is 1. The molecule has 1 N–H and O–H groups in total. The summed E-state index contributed by atoms with van der Waals surface area (Å²) in [7, 11) is -2.19. The largest absolute Gasteiger partial charge is 0.496 e. The van der Waals surface area contributed by atoms with E-state index in [4.69, 9.17) is 4.74 Å². The molecule has 1 aromatic heterocycles. The highest BCUT2D eigenvalue weighted by atomic mass is 32.2. The number of aryl methyl sites for hydroxylation is 2. The fourth-order valence-electron chi connectivity index (χ4n) is 3.31. The Hall–Kier alpha value is -2.35. The fourth-order valence-corrected chi connectivity index (χ4v) is 4.62. The first-order chi connectivity index (χ1) is 12.9. The summed E-state index contributed by atoms with van der Waals surface area (Å²) in [5, 5.41) is 8.29. The molecular weight excluding hydrogens is 364 g/mol. The van der Waals surface area contributed by atoms with Crippen molar-refractivity contribution in [2.75, 3.05) is 29.8 Å². The summed E-state index contributed by atoms with van der Waals surface area (Å²) >= 11 is 0. The SMILES string of the molecule is COc1cc(C)c(S(=O)(=O)Nc2ccc(N3CCCCCC3)nn2)cc1C. The van der Waals surface area contributed by atoms with Crippen molar-refractivity contribution in [2.45, 2.75) is 44.4 Å². The molecule has 0 bridgehead atoms. The average Bonchev–Trinajstić information content (AvgIpc) is 2.93. The van der Waals surface area contributed by atoms with Gasteiger partial charge in [0.25, 0.3) is 10.0 Å². The van der Waals surface area contributed by atoms with Gasteiger partial charge in [0.1, 0.15) is 5.75 Å². The highest BCUT2D eigenvalue weighted by molar-refractivity contribution is 7.92. The summed E-state index contributed by atoms with van der Waals surface area (Å²) in [6, 6.07) is 6.81. The molecule has 2 aromatic rings. The van der Waals surface area contributed by atoms with Crippen LogP contribution in [0.2, 0.25) is 0 Å². The lowest BCUT2D eigenvalue weighted by Crippen LogP contribution is -2.25. The lowest BCUT2D eigenvalue weighted by Gasteiger charge is -2.20. The Morgan fingerprint density at radius 2 is 1.70 bits per heavy atom. The number of methoxy groups -OCH3 is 1. The molecule has 1 fully saturated rings. The van der Waals surface area contributed by atoms with E-state index in [9.17, 15) is 8.42 Å². The Morgan fingerprint density at radius 3 is 2.30 bits per heavy atom. The van der Waals surface area contributed by atoms with Crippen LogP contribution in [0.15, 0.2) is 29.2 Å². The maximum Gasteiger partial charge on any atom is 0.263 e. The second-order valence-corrected chi connectivity index (χ2v) is 8.52. The number of rotatable bonds is 5. The number of sulfonamides is 1. The van der Waals surface area contributed by atoms with Crippen LogP contribution in [0.1, 0.15) is 36.8 Å². The van der Waals surface area contributed by atoms with Crippen molar-refractivity contribution >= 4 is 21.7 Å². The zero-order chi connectivity index (χ0) is 19.4. The molecule has 1 aliphatic heterocycles. The minimum absolute atomic E-state index is 0.208. The topological polar surface area (TPSA) is 84.4 Å². The van der Waals surface area contributed by atoms with Crippen LogP contribution in [0.3, 0.4) is 0 Å². The van der Waals surface area contributed by atoms with Crippen LogP contribution in [0.25, 0.3) is 0 Å². The average molecular weight is 391 g/mol. The van der Waals surface area contributed by atoms with Crippen molar-refractivity contribution in [1.82, 2.24) is 10.2 Å². The molecule has 0 amide bonds. The summed E-state index contributed by atoms with van der Waals surface area (Å²) in [6.07, 6.45) is 4.77. The Bertz CT molecular complexity index is 890. The molecule has 1 aromatic carbocycles.